The zero-order valence-corrected chi connectivity index (χ0v) is 20.0. The van der Waals surface area contributed by atoms with E-state index in [0.717, 1.165) is 38.9 Å². The lowest BCUT2D eigenvalue weighted by Gasteiger charge is -2.12. The van der Waals surface area contributed by atoms with Crippen molar-refractivity contribution in [3.05, 3.63) is 95.0 Å². The Bertz CT molecular complexity index is 1510. The highest BCUT2D eigenvalue weighted by Gasteiger charge is 2.18. The van der Waals surface area contributed by atoms with Crippen molar-refractivity contribution in [2.24, 2.45) is 14.1 Å². The van der Waals surface area contributed by atoms with E-state index in [1.54, 1.807) is 17.1 Å². The van der Waals surface area contributed by atoms with Gasteiger partial charge in [-0.25, -0.2) is 0 Å². The molecular formula is C27H24ClN5O. The molecule has 0 saturated heterocycles. The zero-order valence-electron chi connectivity index (χ0n) is 19.2. The highest BCUT2D eigenvalue weighted by molar-refractivity contribution is 6.31. The van der Waals surface area contributed by atoms with E-state index >= 15 is 0 Å². The average Bonchev–Trinajstić information content (AvgIpc) is 3.39. The molecule has 170 valence electrons. The maximum Gasteiger partial charge on any atom is 0.253 e. The Kier molecular flexibility index (Phi) is 5.67. The SMILES string of the molecule is Cc1cc(Cl)cc(-c2cnc(-c3cnn(C)c3)c(C(=O)NCc3cc4ccccc4n3C)c2)c1. The highest BCUT2D eigenvalue weighted by Crippen LogP contribution is 2.29. The number of aryl methyl sites for hydroxylation is 3. The van der Waals surface area contributed by atoms with Gasteiger partial charge in [0.05, 0.1) is 24.0 Å². The first-order valence-corrected chi connectivity index (χ1v) is 11.3. The maximum absolute atomic E-state index is 13.4. The first kappa shape index (κ1) is 21.9. The smallest absolute Gasteiger partial charge is 0.253 e. The van der Waals surface area contributed by atoms with Crippen molar-refractivity contribution in [1.82, 2.24) is 24.6 Å². The average molecular weight is 470 g/mol. The Morgan fingerprint density at radius 1 is 1.00 bits per heavy atom. The molecule has 0 radical (unpaired) electrons. The number of para-hydroxylation sites is 1. The summed E-state index contributed by atoms with van der Waals surface area (Å²) in [5.41, 5.74) is 6.79. The maximum atomic E-state index is 13.4. The number of nitrogens with zero attached hydrogens (tertiary/aromatic N) is 4. The van der Waals surface area contributed by atoms with Gasteiger partial charge >= 0.3 is 0 Å². The molecule has 0 spiro atoms. The van der Waals surface area contributed by atoms with Crippen molar-refractivity contribution in [3.8, 4) is 22.4 Å². The second-order valence-corrected chi connectivity index (χ2v) is 8.91. The summed E-state index contributed by atoms with van der Waals surface area (Å²) in [7, 11) is 3.85. The molecule has 0 atom stereocenters. The minimum absolute atomic E-state index is 0.197. The van der Waals surface area contributed by atoms with Crippen LogP contribution in [0.1, 0.15) is 21.6 Å². The van der Waals surface area contributed by atoms with E-state index in [0.29, 0.717) is 22.8 Å². The number of rotatable bonds is 5. The number of fused-ring (bicyclic) bond motifs is 1. The van der Waals surface area contributed by atoms with E-state index < -0.39 is 0 Å². The van der Waals surface area contributed by atoms with Gasteiger partial charge in [0.2, 0.25) is 0 Å². The van der Waals surface area contributed by atoms with Gasteiger partial charge in [0.15, 0.2) is 0 Å². The van der Waals surface area contributed by atoms with Crippen LogP contribution in [-0.4, -0.2) is 25.2 Å². The largest absolute Gasteiger partial charge is 0.346 e. The fourth-order valence-corrected chi connectivity index (χ4v) is 4.54. The second-order valence-electron chi connectivity index (χ2n) is 8.48. The number of carbonyl (C=O) groups excluding carboxylic acids is 1. The minimum Gasteiger partial charge on any atom is -0.346 e. The number of pyridine rings is 1. The van der Waals surface area contributed by atoms with Crippen LogP contribution in [-0.2, 0) is 20.6 Å². The van der Waals surface area contributed by atoms with Crippen LogP contribution in [0.3, 0.4) is 0 Å². The molecule has 3 heterocycles. The fraction of sp³-hybridized carbons (Fsp3) is 0.148. The molecule has 5 aromatic rings. The first-order valence-electron chi connectivity index (χ1n) is 11.0. The Morgan fingerprint density at radius 3 is 2.56 bits per heavy atom. The molecule has 2 aromatic carbocycles. The second kappa shape index (κ2) is 8.80. The molecule has 6 nitrogen and oxygen atoms in total. The number of amides is 1. The molecule has 0 aliphatic rings. The summed E-state index contributed by atoms with van der Waals surface area (Å²) in [5, 5.41) is 9.12. The van der Waals surface area contributed by atoms with Gasteiger partial charge in [-0.3, -0.25) is 14.5 Å². The van der Waals surface area contributed by atoms with E-state index in [9.17, 15) is 4.79 Å². The highest BCUT2D eigenvalue weighted by atomic mass is 35.5. The molecule has 0 unspecified atom stereocenters. The molecule has 1 N–H and O–H groups in total. The van der Waals surface area contributed by atoms with Crippen molar-refractivity contribution in [1.29, 1.82) is 0 Å². The van der Waals surface area contributed by atoms with Gasteiger partial charge in [0, 0.05) is 53.8 Å². The van der Waals surface area contributed by atoms with E-state index in [2.05, 4.69) is 38.2 Å². The molecule has 34 heavy (non-hydrogen) atoms. The van der Waals surface area contributed by atoms with E-state index in [4.69, 9.17) is 11.6 Å². The normalized spacial score (nSPS) is 11.2. The Morgan fingerprint density at radius 2 is 1.82 bits per heavy atom. The standard InChI is InChI=1S/C27H24ClN5O/c1-17-8-19(10-22(28)9-17)20-12-24(26(29-13-20)21-14-31-32(2)16-21)27(34)30-15-23-11-18-6-4-5-7-25(18)33(23)3/h4-14,16H,15H2,1-3H3,(H,30,34). The van der Waals surface area contributed by atoms with Crippen LogP contribution < -0.4 is 5.32 Å². The summed E-state index contributed by atoms with van der Waals surface area (Å²) < 4.78 is 3.80. The number of hydrogen-bond acceptors (Lipinski definition) is 3. The zero-order chi connectivity index (χ0) is 23.8. The lowest BCUT2D eigenvalue weighted by atomic mass is 10.0. The third-order valence-corrected chi connectivity index (χ3v) is 6.19. The number of carbonyl (C=O) groups is 1. The van der Waals surface area contributed by atoms with Crippen LogP contribution in [0.15, 0.2) is 73.2 Å². The van der Waals surface area contributed by atoms with Crippen LogP contribution in [0.5, 0.6) is 0 Å². The summed E-state index contributed by atoms with van der Waals surface area (Å²) in [5.74, 6) is -0.197. The third-order valence-electron chi connectivity index (χ3n) is 5.97. The Labute approximate surface area is 202 Å². The van der Waals surface area contributed by atoms with E-state index in [-0.39, 0.29) is 5.91 Å². The number of benzene rings is 2. The van der Waals surface area contributed by atoms with Crippen molar-refractivity contribution in [3.63, 3.8) is 0 Å². The molecule has 0 bridgehead atoms. The van der Waals surface area contributed by atoms with Crippen molar-refractivity contribution >= 4 is 28.4 Å². The summed E-state index contributed by atoms with van der Waals surface area (Å²) in [6.45, 7) is 2.39. The molecule has 0 saturated carbocycles. The summed E-state index contributed by atoms with van der Waals surface area (Å²) in [6.07, 6.45) is 5.34. The molecule has 7 heteroatoms. The monoisotopic (exact) mass is 469 g/mol. The molecule has 0 fully saturated rings. The quantitative estimate of drug-likeness (QED) is 0.368. The molecular weight excluding hydrogens is 446 g/mol. The summed E-state index contributed by atoms with van der Waals surface area (Å²) in [4.78, 5) is 18.1. The van der Waals surface area contributed by atoms with Gasteiger partial charge in [0.1, 0.15) is 0 Å². The van der Waals surface area contributed by atoms with Crippen LogP contribution in [0.25, 0.3) is 33.3 Å². The molecule has 5 rings (SSSR count). The third kappa shape index (κ3) is 4.20. The molecule has 0 aliphatic heterocycles. The van der Waals surface area contributed by atoms with Gasteiger partial charge < -0.3 is 9.88 Å². The molecule has 3 aromatic heterocycles. The minimum atomic E-state index is -0.197. The van der Waals surface area contributed by atoms with Crippen molar-refractivity contribution in [2.75, 3.05) is 0 Å². The lowest BCUT2D eigenvalue weighted by molar-refractivity contribution is 0.0950. The van der Waals surface area contributed by atoms with E-state index in [1.807, 2.05) is 63.6 Å². The van der Waals surface area contributed by atoms with Crippen LogP contribution >= 0.6 is 11.6 Å². The summed E-state index contributed by atoms with van der Waals surface area (Å²) >= 11 is 6.29. The molecule has 0 aliphatic carbocycles. The van der Waals surface area contributed by atoms with Crippen molar-refractivity contribution < 1.29 is 4.79 Å². The van der Waals surface area contributed by atoms with Crippen LogP contribution in [0.2, 0.25) is 5.02 Å². The molecule has 1 amide bonds. The van der Waals surface area contributed by atoms with Crippen molar-refractivity contribution in [2.45, 2.75) is 13.5 Å². The fourth-order valence-electron chi connectivity index (χ4n) is 4.25. The Hall–Kier alpha value is -3.90. The number of nitrogens with one attached hydrogen (secondary N) is 1. The van der Waals surface area contributed by atoms with Gasteiger partial charge in [0.25, 0.3) is 5.91 Å². The van der Waals surface area contributed by atoms with Crippen LogP contribution in [0.4, 0.5) is 0 Å². The van der Waals surface area contributed by atoms with E-state index in [1.165, 1.54) is 0 Å². The Balaban J connectivity index is 1.51. The van der Waals surface area contributed by atoms with Crippen LogP contribution in [0, 0.1) is 6.92 Å². The van der Waals surface area contributed by atoms with Gasteiger partial charge in [-0.1, -0.05) is 35.9 Å². The van der Waals surface area contributed by atoms with Gasteiger partial charge in [-0.05, 0) is 53.8 Å². The first-order chi connectivity index (χ1) is 16.4. The lowest BCUT2D eigenvalue weighted by Crippen LogP contribution is -2.25. The predicted molar refractivity (Wildman–Crippen MR) is 136 cm³/mol. The number of halogens is 1. The topological polar surface area (TPSA) is 64.7 Å². The number of hydrogen-bond donors (Lipinski definition) is 1. The van der Waals surface area contributed by atoms with Gasteiger partial charge in [-0.15, -0.1) is 0 Å². The number of aromatic nitrogens is 4. The van der Waals surface area contributed by atoms with Gasteiger partial charge in [-0.2, -0.15) is 5.10 Å². The summed E-state index contributed by atoms with van der Waals surface area (Å²) in [6, 6.07) is 18.0. The predicted octanol–water partition coefficient (Wildman–Crippen LogP) is 5.53.